The van der Waals surface area contributed by atoms with E-state index in [1.807, 2.05) is 35.2 Å². The van der Waals surface area contributed by atoms with E-state index in [1.165, 1.54) is 0 Å². The van der Waals surface area contributed by atoms with Crippen molar-refractivity contribution in [2.45, 2.75) is 52.0 Å². The molecule has 158 valence electrons. The van der Waals surface area contributed by atoms with Crippen molar-refractivity contribution in [3.8, 4) is 5.75 Å². The van der Waals surface area contributed by atoms with E-state index < -0.39 is 0 Å². The van der Waals surface area contributed by atoms with Crippen molar-refractivity contribution in [3.63, 3.8) is 0 Å². The maximum atomic E-state index is 11.9. The standard InChI is InChI=1S/C21H34N4O2.HI/c1-3-18(25-16-8-12-20(25)26)13-15-24-21(22-4-2)23-14-9-17-27-19-10-6-5-7-11-19;/h5-7,10-11,18H,3-4,8-9,12-17H2,1-2H3,(H2,22,23,24);1H. The fraction of sp³-hybridized carbons (Fsp3) is 0.619. The number of ether oxygens (including phenoxy) is 1. The van der Waals surface area contributed by atoms with Crippen molar-refractivity contribution in [2.75, 3.05) is 32.8 Å². The molecule has 1 aromatic carbocycles. The van der Waals surface area contributed by atoms with Gasteiger partial charge in [-0.1, -0.05) is 25.1 Å². The lowest BCUT2D eigenvalue weighted by atomic mass is 10.1. The van der Waals surface area contributed by atoms with E-state index in [2.05, 4.69) is 29.5 Å². The number of nitrogens with one attached hydrogen (secondary N) is 2. The van der Waals surface area contributed by atoms with Gasteiger partial charge in [0, 0.05) is 45.1 Å². The molecule has 1 aliphatic rings. The molecule has 1 fully saturated rings. The molecule has 0 aromatic heterocycles. The van der Waals surface area contributed by atoms with Crippen LogP contribution < -0.4 is 15.4 Å². The topological polar surface area (TPSA) is 66.0 Å². The zero-order valence-electron chi connectivity index (χ0n) is 17.2. The van der Waals surface area contributed by atoms with Crippen LogP contribution in [0.25, 0.3) is 0 Å². The lowest BCUT2D eigenvalue weighted by Gasteiger charge is -2.27. The molecule has 1 saturated heterocycles. The molecule has 1 aliphatic heterocycles. The molecule has 0 radical (unpaired) electrons. The highest BCUT2D eigenvalue weighted by Crippen LogP contribution is 2.17. The first-order chi connectivity index (χ1) is 13.2. The lowest BCUT2D eigenvalue weighted by molar-refractivity contribution is -0.129. The molecule has 1 unspecified atom stereocenters. The quantitative estimate of drug-likeness (QED) is 0.211. The average Bonchev–Trinajstić information content (AvgIpc) is 3.11. The van der Waals surface area contributed by atoms with Gasteiger partial charge >= 0.3 is 0 Å². The monoisotopic (exact) mass is 502 g/mol. The van der Waals surface area contributed by atoms with Gasteiger partial charge in [0.05, 0.1) is 6.61 Å². The number of aliphatic imine (C=N–C) groups is 1. The maximum absolute atomic E-state index is 11.9. The number of likely N-dealkylation sites (tertiary alicyclic amines) is 1. The van der Waals surface area contributed by atoms with Gasteiger partial charge < -0.3 is 20.3 Å². The van der Waals surface area contributed by atoms with Gasteiger partial charge in [-0.2, -0.15) is 0 Å². The molecule has 0 saturated carbocycles. The highest BCUT2D eigenvalue weighted by molar-refractivity contribution is 14.0. The first-order valence-corrected chi connectivity index (χ1v) is 10.2. The minimum atomic E-state index is 0. The number of halogens is 1. The Morgan fingerprint density at radius 2 is 2.04 bits per heavy atom. The summed E-state index contributed by atoms with van der Waals surface area (Å²) in [6.07, 6.45) is 4.52. The molecular weight excluding hydrogens is 467 g/mol. The number of benzene rings is 1. The number of hydrogen-bond donors (Lipinski definition) is 2. The Balaban J connectivity index is 0.00000392. The molecule has 1 aromatic rings. The summed E-state index contributed by atoms with van der Waals surface area (Å²) >= 11 is 0. The second-order valence-corrected chi connectivity index (χ2v) is 6.74. The minimum Gasteiger partial charge on any atom is -0.494 e. The van der Waals surface area contributed by atoms with Crippen molar-refractivity contribution >= 4 is 35.8 Å². The van der Waals surface area contributed by atoms with Gasteiger partial charge in [0.15, 0.2) is 5.96 Å². The zero-order valence-corrected chi connectivity index (χ0v) is 19.5. The van der Waals surface area contributed by atoms with Gasteiger partial charge in [-0.25, -0.2) is 0 Å². The summed E-state index contributed by atoms with van der Waals surface area (Å²) in [5, 5.41) is 6.67. The van der Waals surface area contributed by atoms with Crippen LogP contribution in [0.15, 0.2) is 35.3 Å². The van der Waals surface area contributed by atoms with E-state index >= 15 is 0 Å². The summed E-state index contributed by atoms with van der Waals surface area (Å²) in [6, 6.07) is 10.2. The van der Waals surface area contributed by atoms with Crippen LogP contribution in [0.2, 0.25) is 0 Å². The highest BCUT2D eigenvalue weighted by Gasteiger charge is 2.26. The SMILES string of the molecule is CCNC(=NCCCOc1ccccc1)NCCC(CC)N1CCCC1=O.I. The van der Waals surface area contributed by atoms with Crippen molar-refractivity contribution in [3.05, 3.63) is 30.3 Å². The second kappa shape index (κ2) is 14.5. The molecule has 7 heteroatoms. The van der Waals surface area contributed by atoms with Crippen LogP contribution in [-0.2, 0) is 4.79 Å². The summed E-state index contributed by atoms with van der Waals surface area (Å²) in [5.74, 6) is 2.04. The van der Waals surface area contributed by atoms with E-state index in [0.717, 1.165) is 57.0 Å². The van der Waals surface area contributed by atoms with Gasteiger partial charge in [0.25, 0.3) is 0 Å². The van der Waals surface area contributed by atoms with Crippen LogP contribution in [0, 0.1) is 0 Å². The van der Waals surface area contributed by atoms with Crippen LogP contribution in [-0.4, -0.2) is 55.6 Å². The van der Waals surface area contributed by atoms with Crippen molar-refractivity contribution < 1.29 is 9.53 Å². The Labute approximate surface area is 186 Å². The molecular formula is C21H35IN4O2. The third-order valence-electron chi connectivity index (χ3n) is 4.72. The first-order valence-electron chi connectivity index (χ1n) is 10.2. The normalized spacial score (nSPS) is 15.1. The molecule has 2 N–H and O–H groups in total. The van der Waals surface area contributed by atoms with Crippen molar-refractivity contribution in [1.29, 1.82) is 0 Å². The number of hydrogen-bond acceptors (Lipinski definition) is 3. The first kappa shape index (κ1) is 24.5. The Morgan fingerprint density at radius 3 is 2.68 bits per heavy atom. The van der Waals surface area contributed by atoms with Gasteiger partial charge in [0.2, 0.25) is 5.91 Å². The Bertz CT molecular complexity index is 583. The number of nitrogens with zero attached hydrogens (tertiary/aromatic N) is 2. The Kier molecular flexibility index (Phi) is 12.7. The minimum absolute atomic E-state index is 0. The van der Waals surface area contributed by atoms with Crippen molar-refractivity contribution in [2.24, 2.45) is 4.99 Å². The van der Waals surface area contributed by atoms with E-state index in [1.54, 1.807) is 0 Å². The van der Waals surface area contributed by atoms with E-state index in [-0.39, 0.29) is 24.0 Å². The van der Waals surface area contributed by atoms with Gasteiger partial charge in [0.1, 0.15) is 5.75 Å². The molecule has 2 rings (SSSR count). The predicted molar refractivity (Wildman–Crippen MR) is 126 cm³/mol. The third-order valence-corrected chi connectivity index (χ3v) is 4.72. The highest BCUT2D eigenvalue weighted by atomic mass is 127. The molecule has 1 heterocycles. The summed E-state index contributed by atoms with van der Waals surface area (Å²) < 4.78 is 5.69. The molecule has 1 amide bonds. The fourth-order valence-electron chi connectivity index (χ4n) is 3.30. The number of rotatable bonds is 11. The van der Waals surface area contributed by atoms with Crippen LogP contribution >= 0.6 is 24.0 Å². The van der Waals surface area contributed by atoms with Crippen molar-refractivity contribution in [1.82, 2.24) is 15.5 Å². The van der Waals surface area contributed by atoms with Crippen LogP contribution in [0.5, 0.6) is 5.75 Å². The van der Waals surface area contributed by atoms with Gasteiger partial charge in [-0.05, 0) is 38.3 Å². The van der Waals surface area contributed by atoms with Gasteiger partial charge in [-0.3, -0.25) is 9.79 Å². The number of para-hydroxylation sites is 1. The molecule has 0 bridgehead atoms. The Hall–Kier alpha value is -1.51. The molecule has 6 nitrogen and oxygen atoms in total. The maximum Gasteiger partial charge on any atom is 0.222 e. The molecule has 0 spiro atoms. The number of carbonyl (C=O) groups is 1. The zero-order chi connectivity index (χ0) is 19.3. The number of amides is 1. The lowest BCUT2D eigenvalue weighted by Crippen LogP contribution is -2.42. The summed E-state index contributed by atoms with van der Waals surface area (Å²) in [5.41, 5.74) is 0. The van der Waals surface area contributed by atoms with E-state index in [4.69, 9.17) is 4.74 Å². The second-order valence-electron chi connectivity index (χ2n) is 6.74. The molecule has 1 atom stereocenters. The molecule has 28 heavy (non-hydrogen) atoms. The van der Waals surface area contributed by atoms with E-state index in [9.17, 15) is 4.79 Å². The van der Waals surface area contributed by atoms with Gasteiger partial charge in [-0.15, -0.1) is 24.0 Å². The largest absolute Gasteiger partial charge is 0.494 e. The fourth-order valence-corrected chi connectivity index (χ4v) is 3.30. The molecule has 0 aliphatic carbocycles. The number of carbonyl (C=O) groups excluding carboxylic acids is 1. The predicted octanol–water partition coefficient (Wildman–Crippen LogP) is 3.42. The average molecular weight is 502 g/mol. The summed E-state index contributed by atoms with van der Waals surface area (Å²) in [7, 11) is 0. The van der Waals surface area contributed by atoms with Crippen LogP contribution in [0.3, 0.4) is 0 Å². The Morgan fingerprint density at radius 1 is 1.25 bits per heavy atom. The smallest absolute Gasteiger partial charge is 0.222 e. The van der Waals surface area contributed by atoms with E-state index in [0.29, 0.717) is 31.5 Å². The van der Waals surface area contributed by atoms with Crippen LogP contribution in [0.1, 0.15) is 46.0 Å². The number of guanidine groups is 1. The summed E-state index contributed by atoms with van der Waals surface area (Å²) in [6.45, 7) is 8.14. The van der Waals surface area contributed by atoms with Crippen LogP contribution in [0.4, 0.5) is 0 Å². The summed E-state index contributed by atoms with van der Waals surface area (Å²) in [4.78, 5) is 18.6. The third kappa shape index (κ3) is 8.67.